The van der Waals surface area contributed by atoms with Crippen LogP contribution in [-0.2, 0) is 0 Å². The summed E-state index contributed by atoms with van der Waals surface area (Å²) in [5.74, 6) is 0. The molecule has 9 aromatic carbocycles. The summed E-state index contributed by atoms with van der Waals surface area (Å²) in [6.45, 7) is 0. The molecule has 0 fully saturated rings. The lowest BCUT2D eigenvalue weighted by Gasteiger charge is -2.28. The van der Waals surface area contributed by atoms with Gasteiger partial charge in [0.15, 0.2) is 0 Å². The molecule has 11 aromatic rings. The zero-order valence-electron chi connectivity index (χ0n) is 29.8. The van der Waals surface area contributed by atoms with E-state index in [2.05, 4.69) is 181 Å². The van der Waals surface area contributed by atoms with Gasteiger partial charge in [0.2, 0.25) is 0 Å². The standard InChI is InChI=1S/C52H33NO2/c1-2-11-36-30-38(21-20-34(36)10-1)37-12-9-13-42(31-37)53(41-26-22-35(23-27-41)39-24-28-51-46(32-39)44-15-4-7-18-49(44)54-51)48-17-6-3-14-43(48)40-25-29-52-47(33-40)45-16-5-8-19-50(45)55-52/h1-33H. The van der Waals surface area contributed by atoms with Gasteiger partial charge in [0.25, 0.3) is 0 Å². The van der Waals surface area contributed by atoms with Crippen molar-refractivity contribution in [2.75, 3.05) is 4.90 Å². The maximum atomic E-state index is 6.21. The number of hydrogen-bond donors (Lipinski definition) is 0. The van der Waals surface area contributed by atoms with Gasteiger partial charge in [-0.3, -0.25) is 0 Å². The van der Waals surface area contributed by atoms with Crippen molar-refractivity contribution < 1.29 is 8.83 Å². The van der Waals surface area contributed by atoms with Crippen LogP contribution in [0.4, 0.5) is 17.1 Å². The molecule has 0 spiro atoms. The Morgan fingerprint density at radius 2 is 0.836 bits per heavy atom. The predicted octanol–water partition coefficient (Wildman–Crippen LogP) is 15.1. The third kappa shape index (κ3) is 5.36. The summed E-state index contributed by atoms with van der Waals surface area (Å²) < 4.78 is 12.3. The number of benzene rings is 9. The quantitative estimate of drug-likeness (QED) is 0.173. The van der Waals surface area contributed by atoms with Gasteiger partial charge < -0.3 is 13.7 Å². The molecular weight excluding hydrogens is 671 g/mol. The highest BCUT2D eigenvalue weighted by molar-refractivity contribution is 6.08. The number of para-hydroxylation sites is 3. The molecule has 0 radical (unpaired) electrons. The molecule has 0 aliphatic heterocycles. The van der Waals surface area contributed by atoms with Crippen LogP contribution in [0.1, 0.15) is 0 Å². The number of rotatable bonds is 6. The summed E-state index contributed by atoms with van der Waals surface area (Å²) in [4.78, 5) is 2.38. The van der Waals surface area contributed by atoms with Crippen molar-refractivity contribution in [1.82, 2.24) is 0 Å². The summed E-state index contributed by atoms with van der Waals surface area (Å²) in [6, 6.07) is 71.3. The molecule has 0 saturated carbocycles. The van der Waals surface area contributed by atoms with E-state index in [0.29, 0.717) is 0 Å². The van der Waals surface area contributed by atoms with Crippen LogP contribution in [0.3, 0.4) is 0 Å². The Bertz CT molecular complexity index is 3220. The molecule has 0 unspecified atom stereocenters. The van der Waals surface area contributed by atoms with Gasteiger partial charge in [-0.2, -0.15) is 0 Å². The third-order valence-electron chi connectivity index (χ3n) is 10.9. The second-order valence-corrected chi connectivity index (χ2v) is 14.1. The highest BCUT2D eigenvalue weighted by Gasteiger charge is 2.19. The van der Waals surface area contributed by atoms with Crippen LogP contribution in [0, 0.1) is 0 Å². The van der Waals surface area contributed by atoms with Crippen molar-refractivity contribution in [2.45, 2.75) is 0 Å². The molecule has 11 rings (SSSR count). The van der Waals surface area contributed by atoms with E-state index in [4.69, 9.17) is 8.83 Å². The highest BCUT2D eigenvalue weighted by Crippen LogP contribution is 2.44. The van der Waals surface area contributed by atoms with Gasteiger partial charge in [-0.05, 0) is 111 Å². The molecule has 55 heavy (non-hydrogen) atoms. The first kappa shape index (κ1) is 31.2. The van der Waals surface area contributed by atoms with E-state index in [0.717, 1.165) is 88.8 Å². The van der Waals surface area contributed by atoms with Gasteiger partial charge in [0, 0.05) is 38.5 Å². The third-order valence-corrected chi connectivity index (χ3v) is 10.9. The lowest BCUT2D eigenvalue weighted by atomic mass is 9.98. The maximum absolute atomic E-state index is 6.21. The van der Waals surface area contributed by atoms with Crippen LogP contribution >= 0.6 is 0 Å². The lowest BCUT2D eigenvalue weighted by molar-refractivity contribution is 0.668. The van der Waals surface area contributed by atoms with Gasteiger partial charge in [-0.1, -0.05) is 127 Å². The summed E-state index contributed by atoms with van der Waals surface area (Å²) >= 11 is 0. The molecule has 3 nitrogen and oxygen atoms in total. The van der Waals surface area contributed by atoms with Crippen LogP contribution < -0.4 is 4.90 Å². The Hall–Kier alpha value is -7.36. The van der Waals surface area contributed by atoms with Gasteiger partial charge >= 0.3 is 0 Å². The molecule has 0 aliphatic carbocycles. The van der Waals surface area contributed by atoms with E-state index < -0.39 is 0 Å². The number of nitrogens with zero attached hydrogens (tertiary/aromatic N) is 1. The van der Waals surface area contributed by atoms with Crippen LogP contribution in [0.15, 0.2) is 209 Å². The number of anilines is 3. The highest BCUT2D eigenvalue weighted by atomic mass is 16.3. The van der Waals surface area contributed by atoms with Crippen molar-refractivity contribution in [3.63, 3.8) is 0 Å². The minimum Gasteiger partial charge on any atom is -0.456 e. The fourth-order valence-electron chi connectivity index (χ4n) is 8.14. The van der Waals surface area contributed by atoms with Gasteiger partial charge in [-0.25, -0.2) is 0 Å². The van der Waals surface area contributed by atoms with E-state index in [1.165, 1.54) is 16.3 Å². The smallest absolute Gasteiger partial charge is 0.135 e. The first-order valence-electron chi connectivity index (χ1n) is 18.7. The summed E-state index contributed by atoms with van der Waals surface area (Å²) in [6.07, 6.45) is 0. The predicted molar refractivity (Wildman–Crippen MR) is 229 cm³/mol. The molecule has 0 bridgehead atoms. The molecule has 258 valence electrons. The Kier molecular flexibility index (Phi) is 7.17. The van der Waals surface area contributed by atoms with E-state index in [1.54, 1.807) is 0 Å². The van der Waals surface area contributed by atoms with Crippen molar-refractivity contribution in [3.8, 4) is 33.4 Å². The Balaban J connectivity index is 1.06. The molecule has 0 aliphatic rings. The fourth-order valence-corrected chi connectivity index (χ4v) is 8.14. The number of furan rings is 2. The zero-order valence-corrected chi connectivity index (χ0v) is 29.8. The van der Waals surface area contributed by atoms with Crippen molar-refractivity contribution in [2.24, 2.45) is 0 Å². The van der Waals surface area contributed by atoms with E-state index >= 15 is 0 Å². The topological polar surface area (TPSA) is 29.5 Å². The first-order valence-corrected chi connectivity index (χ1v) is 18.7. The molecule has 0 amide bonds. The monoisotopic (exact) mass is 703 g/mol. The average molecular weight is 704 g/mol. The van der Waals surface area contributed by atoms with Crippen LogP contribution in [0.2, 0.25) is 0 Å². The molecule has 2 aromatic heterocycles. The van der Waals surface area contributed by atoms with Gasteiger partial charge in [0.1, 0.15) is 22.3 Å². The maximum Gasteiger partial charge on any atom is 0.135 e. The van der Waals surface area contributed by atoms with Crippen LogP contribution in [-0.4, -0.2) is 0 Å². The minimum atomic E-state index is 0.888. The summed E-state index contributed by atoms with van der Waals surface area (Å²) in [5, 5.41) is 6.95. The SMILES string of the molecule is c1cc(-c2ccc3ccccc3c2)cc(N(c2ccc(-c3ccc4oc5ccccc5c4c3)cc2)c2ccccc2-c2ccc3oc4ccccc4c3c2)c1. The summed E-state index contributed by atoms with van der Waals surface area (Å²) in [5.41, 5.74) is 13.7. The number of fused-ring (bicyclic) bond motifs is 7. The van der Waals surface area contributed by atoms with Crippen molar-refractivity contribution >= 4 is 71.7 Å². The molecule has 3 heteroatoms. The normalized spacial score (nSPS) is 11.6. The number of hydrogen-bond acceptors (Lipinski definition) is 3. The first-order chi connectivity index (χ1) is 27.2. The second kappa shape index (κ2) is 12.6. The lowest BCUT2D eigenvalue weighted by Crippen LogP contribution is -2.11. The fraction of sp³-hybridized carbons (Fsp3) is 0. The Morgan fingerprint density at radius 3 is 1.60 bits per heavy atom. The van der Waals surface area contributed by atoms with E-state index in [9.17, 15) is 0 Å². The molecule has 0 saturated heterocycles. The van der Waals surface area contributed by atoms with Crippen molar-refractivity contribution in [3.05, 3.63) is 200 Å². The minimum absolute atomic E-state index is 0.888. The van der Waals surface area contributed by atoms with Crippen molar-refractivity contribution in [1.29, 1.82) is 0 Å². The van der Waals surface area contributed by atoms with E-state index in [-0.39, 0.29) is 0 Å². The zero-order chi connectivity index (χ0) is 36.3. The molecular formula is C52H33NO2. The van der Waals surface area contributed by atoms with Crippen LogP contribution in [0.25, 0.3) is 88.0 Å². The largest absolute Gasteiger partial charge is 0.456 e. The molecule has 2 heterocycles. The Labute approximate surface area is 317 Å². The second-order valence-electron chi connectivity index (χ2n) is 14.1. The van der Waals surface area contributed by atoms with Gasteiger partial charge in [-0.15, -0.1) is 0 Å². The van der Waals surface area contributed by atoms with Crippen LogP contribution in [0.5, 0.6) is 0 Å². The Morgan fingerprint density at radius 1 is 0.291 bits per heavy atom. The summed E-state index contributed by atoms with van der Waals surface area (Å²) in [7, 11) is 0. The molecule has 0 N–H and O–H groups in total. The van der Waals surface area contributed by atoms with Gasteiger partial charge in [0.05, 0.1) is 5.69 Å². The molecule has 0 atom stereocenters. The van der Waals surface area contributed by atoms with E-state index in [1.807, 2.05) is 24.3 Å². The average Bonchev–Trinajstić information content (AvgIpc) is 3.82.